The monoisotopic (exact) mass is 294 g/mol. The van der Waals surface area contributed by atoms with Crippen LogP contribution in [-0.4, -0.2) is 47.1 Å². The lowest BCUT2D eigenvalue weighted by Crippen LogP contribution is -2.37. The van der Waals surface area contributed by atoms with Crippen molar-refractivity contribution in [2.45, 2.75) is 51.1 Å². The van der Waals surface area contributed by atoms with E-state index in [0.29, 0.717) is 11.2 Å². The first-order valence-corrected chi connectivity index (χ1v) is 8.04. The fraction of sp³-hybridized carbons (Fsp3) is 0.733. The molecule has 2 bridgehead atoms. The van der Waals surface area contributed by atoms with Gasteiger partial charge in [-0.2, -0.15) is 0 Å². The maximum absolute atomic E-state index is 6.29. The summed E-state index contributed by atoms with van der Waals surface area (Å²) in [5, 5.41) is 0.625. The SMILES string of the molecule is CCCc1c(Cl)ncnc1N1CCC2CCC(C1)N2C. The summed E-state index contributed by atoms with van der Waals surface area (Å²) in [6.07, 6.45) is 7.50. The first-order valence-electron chi connectivity index (χ1n) is 7.67. The summed E-state index contributed by atoms with van der Waals surface area (Å²) in [6.45, 7) is 4.32. The minimum atomic E-state index is 0.625. The molecule has 2 atom stereocenters. The van der Waals surface area contributed by atoms with E-state index in [-0.39, 0.29) is 0 Å². The number of rotatable bonds is 3. The van der Waals surface area contributed by atoms with E-state index < -0.39 is 0 Å². The Labute approximate surface area is 126 Å². The summed E-state index contributed by atoms with van der Waals surface area (Å²) in [7, 11) is 2.27. The number of aromatic nitrogens is 2. The van der Waals surface area contributed by atoms with Gasteiger partial charge in [-0.1, -0.05) is 24.9 Å². The molecule has 0 radical (unpaired) electrons. The van der Waals surface area contributed by atoms with Crippen LogP contribution in [0.1, 0.15) is 38.2 Å². The van der Waals surface area contributed by atoms with Gasteiger partial charge in [0, 0.05) is 30.7 Å². The quantitative estimate of drug-likeness (QED) is 0.803. The molecule has 1 aromatic rings. The summed E-state index contributed by atoms with van der Waals surface area (Å²) in [5.41, 5.74) is 1.12. The summed E-state index contributed by atoms with van der Waals surface area (Å²) in [5.74, 6) is 1.06. The van der Waals surface area contributed by atoms with Crippen LogP contribution in [0.4, 0.5) is 5.82 Å². The predicted molar refractivity (Wildman–Crippen MR) is 82.4 cm³/mol. The third kappa shape index (κ3) is 2.51. The van der Waals surface area contributed by atoms with Crippen molar-refractivity contribution < 1.29 is 0 Å². The molecule has 0 spiro atoms. The highest BCUT2D eigenvalue weighted by Gasteiger charge is 2.35. The van der Waals surface area contributed by atoms with Gasteiger partial charge < -0.3 is 4.90 Å². The molecule has 5 heteroatoms. The van der Waals surface area contributed by atoms with Crippen molar-refractivity contribution in [3.8, 4) is 0 Å². The molecular formula is C15H23ClN4. The lowest BCUT2D eigenvalue weighted by Gasteiger charge is -2.28. The van der Waals surface area contributed by atoms with Crippen LogP contribution in [0.5, 0.6) is 0 Å². The molecule has 2 aliphatic rings. The largest absolute Gasteiger partial charge is 0.355 e. The number of hydrogen-bond acceptors (Lipinski definition) is 4. The summed E-state index contributed by atoms with van der Waals surface area (Å²) in [6, 6.07) is 1.41. The number of nitrogens with zero attached hydrogens (tertiary/aromatic N) is 4. The topological polar surface area (TPSA) is 32.3 Å². The molecule has 0 aromatic carbocycles. The van der Waals surface area contributed by atoms with Gasteiger partial charge in [0.25, 0.3) is 0 Å². The van der Waals surface area contributed by atoms with Crippen molar-refractivity contribution in [2.24, 2.45) is 0 Å². The Bertz CT molecular complexity index is 479. The fourth-order valence-electron chi connectivity index (χ4n) is 3.62. The molecular weight excluding hydrogens is 272 g/mol. The van der Waals surface area contributed by atoms with E-state index in [0.717, 1.165) is 43.4 Å². The van der Waals surface area contributed by atoms with Gasteiger partial charge in [0.05, 0.1) is 0 Å². The highest BCUT2D eigenvalue weighted by atomic mass is 35.5. The van der Waals surface area contributed by atoms with E-state index in [4.69, 9.17) is 11.6 Å². The van der Waals surface area contributed by atoms with E-state index in [1.54, 1.807) is 6.33 Å². The van der Waals surface area contributed by atoms with Crippen LogP contribution in [0.15, 0.2) is 6.33 Å². The van der Waals surface area contributed by atoms with Crippen molar-refractivity contribution in [1.82, 2.24) is 14.9 Å². The Morgan fingerprint density at radius 3 is 2.85 bits per heavy atom. The third-order valence-electron chi connectivity index (χ3n) is 4.82. The Morgan fingerprint density at radius 1 is 1.25 bits per heavy atom. The molecule has 2 unspecified atom stereocenters. The Balaban J connectivity index is 1.87. The van der Waals surface area contributed by atoms with Gasteiger partial charge in [0.2, 0.25) is 0 Å². The second-order valence-corrected chi connectivity index (χ2v) is 6.36. The van der Waals surface area contributed by atoms with Crippen molar-refractivity contribution in [3.63, 3.8) is 0 Å². The predicted octanol–water partition coefficient (Wildman–Crippen LogP) is 2.76. The number of fused-ring (bicyclic) bond motifs is 2. The second-order valence-electron chi connectivity index (χ2n) is 6.00. The van der Waals surface area contributed by atoms with Gasteiger partial charge in [0.1, 0.15) is 17.3 Å². The highest BCUT2D eigenvalue weighted by molar-refractivity contribution is 6.30. The van der Waals surface area contributed by atoms with E-state index in [1.807, 2.05) is 0 Å². The maximum Gasteiger partial charge on any atom is 0.137 e. The van der Waals surface area contributed by atoms with Crippen LogP contribution in [0, 0.1) is 0 Å². The van der Waals surface area contributed by atoms with Crippen molar-refractivity contribution in [3.05, 3.63) is 17.0 Å². The van der Waals surface area contributed by atoms with Crippen LogP contribution in [0.2, 0.25) is 5.15 Å². The summed E-state index contributed by atoms with van der Waals surface area (Å²) in [4.78, 5) is 13.7. The van der Waals surface area contributed by atoms with Crippen molar-refractivity contribution in [1.29, 1.82) is 0 Å². The first kappa shape index (κ1) is 14.1. The maximum atomic E-state index is 6.29. The number of halogens is 1. The van der Waals surface area contributed by atoms with Gasteiger partial charge in [0.15, 0.2) is 0 Å². The average molecular weight is 295 g/mol. The van der Waals surface area contributed by atoms with E-state index in [1.165, 1.54) is 19.3 Å². The standard InChI is InChI=1S/C15H23ClN4/c1-3-4-13-14(16)17-10-18-15(13)20-8-7-11-5-6-12(9-20)19(11)2/h10-12H,3-9H2,1-2H3. The van der Waals surface area contributed by atoms with Gasteiger partial charge >= 0.3 is 0 Å². The van der Waals surface area contributed by atoms with Crippen molar-refractivity contribution >= 4 is 17.4 Å². The third-order valence-corrected chi connectivity index (χ3v) is 5.14. The molecule has 110 valence electrons. The molecule has 1 aromatic heterocycles. The zero-order valence-corrected chi connectivity index (χ0v) is 13.1. The average Bonchev–Trinajstić information content (AvgIpc) is 2.66. The Hall–Kier alpha value is -0.870. The molecule has 2 saturated heterocycles. The molecule has 3 rings (SSSR count). The lowest BCUT2D eigenvalue weighted by atomic mass is 10.1. The second kappa shape index (κ2) is 5.86. The normalized spacial score (nSPS) is 26.9. The number of hydrogen-bond donors (Lipinski definition) is 0. The molecule has 0 N–H and O–H groups in total. The molecule has 4 nitrogen and oxygen atoms in total. The summed E-state index contributed by atoms with van der Waals surface area (Å²) < 4.78 is 0. The van der Waals surface area contributed by atoms with Crippen LogP contribution >= 0.6 is 11.6 Å². The molecule has 0 aliphatic carbocycles. The van der Waals surface area contributed by atoms with E-state index >= 15 is 0 Å². The summed E-state index contributed by atoms with van der Waals surface area (Å²) >= 11 is 6.29. The fourth-order valence-corrected chi connectivity index (χ4v) is 3.84. The van der Waals surface area contributed by atoms with Gasteiger partial charge in [-0.25, -0.2) is 9.97 Å². The van der Waals surface area contributed by atoms with Gasteiger partial charge in [-0.05, 0) is 32.7 Å². The van der Waals surface area contributed by atoms with Gasteiger partial charge in [-0.15, -0.1) is 0 Å². The minimum Gasteiger partial charge on any atom is -0.355 e. The zero-order chi connectivity index (χ0) is 14.1. The molecule has 20 heavy (non-hydrogen) atoms. The zero-order valence-electron chi connectivity index (χ0n) is 12.3. The van der Waals surface area contributed by atoms with E-state index in [2.05, 4.69) is 33.7 Å². The number of anilines is 1. The number of likely N-dealkylation sites (N-methyl/N-ethyl adjacent to an activating group) is 1. The lowest BCUT2D eigenvalue weighted by molar-refractivity contribution is 0.254. The molecule has 2 fully saturated rings. The van der Waals surface area contributed by atoms with Crippen LogP contribution in [-0.2, 0) is 6.42 Å². The van der Waals surface area contributed by atoms with Crippen LogP contribution < -0.4 is 4.90 Å². The van der Waals surface area contributed by atoms with Gasteiger partial charge in [-0.3, -0.25) is 4.90 Å². The van der Waals surface area contributed by atoms with Crippen molar-refractivity contribution in [2.75, 3.05) is 25.0 Å². The minimum absolute atomic E-state index is 0.625. The van der Waals surface area contributed by atoms with Crippen LogP contribution in [0.3, 0.4) is 0 Å². The Morgan fingerprint density at radius 2 is 2.05 bits per heavy atom. The van der Waals surface area contributed by atoms with Crippen LogP contribution in [0.25, 0.3) is 0 Å². The molecule has 0 amide bonds. The highest BCUT2D eigenvalue weighted by Crippen LogP contribution is 2.32. The first-order chi connectivity index (χ1) is 9.70. The van der Waals surface area contributed by atoms with E-state index in [9.17, 15) is 0 Å². The molecule has 3 heterocycles. The Kier molecular flexibility index (Phi) is 4.13. The smallest absolute Gasteiger partial charge is 0.137 e. The molecule has 0 saturated carbocycles. The molecule has 2 aliphatic heterocycles.